The molecule has 1 saturated heterocycles. The number of aryl methyl sites for hydroxylation is 1. The van der Waals surface area contributed by atoms with Gasteiger partial charge in [0.2, 0.25) is 0 Å². The lowest BCUT2D eigenvalue weighted by molar-refractivity contribution is -0.274. The third kappa shape index (κ3) is 6.48. The molecule has 0 radical (unpaired) electrons. The minimum atomic E-state index is -4.81. The van der Waals surface area contributed by atoms with Crippen molar-refractivity contribution in [1.29, 1.82) is 0 Å². The van der Waals surface area contributed by atoms with E-state index in [0.29, 0.717) is 31.4 Å². The number of hydrogen-bond donors (Lipinski definition) is 2. The number of anilines is 2. The summed E-state index contributed by atoms with van der Waals surface area (Å²) in [5, 5.41) is 5.76. The highest BCUT2D eigenvalue weighted by atomic mass is 19.4. The van der Waals surface area contributed by atoms with E-state index in [9.17, 15) is 18.0 Å². The highest BCUT2D eigenvalue weighted by Gasteiger charge is 2.31. The predicted molar refractivity (Wildman–Crippen MR) is 104 cm³/mol. The SMILES string of the molecule is Cc1nc(NCCNC(=O)c2cccc(OC(F)(F)F)c2)cc(N2CCOCC2)n1. The van der Waals surface area contributed by atoms with Crippen LogP contribution in [-0.4, -0.2) is 61.6 Å². The number of nitrogens with zero attached hydrogens (tertiary/aromatic N) is 3. The van der Waals surface area contributed by atoms with Crippen LogP contribution in [0.4, 0.5) is 24.8 Å². The second kappa shape index (κ2) is 9.61. The van der Waals surface area contributed by atoms with Crippen LogP contribution in [0.5, 0.6) is 5.75 Å². The van der Waals surface area contributed by atoms with Crippen LogP contribution in [0.15, 0.2) is 30.3 Å². The zero-order valence-electron chi connectivity index (χ0n) is 16.3. The number of benzene rings is 1. The van der Waals surface area contributed by atoms with Crippen molar-refractivity contribution in [1.82, 2.24) is 15.3 Å². The second-order valence-corrected chi connectivity index (χ2v) is 6.52. The molecule has 0 spiro atoms. The Hall–Kier alpha value is -3.08. The summed E-state index contributed by atoms with van der Waals surface area (Å²) in [6.07, 6.45) is -4.81. The van der Waals surface area contributed by atoms with Crippen LogP contribution in [-0.2, 0) is 4.74 Å². The minimum Gasteiger partial charge on any atom is -0.406 e. The number of hydrogen-bond acceptors (Lipinski definition) is 7. The van der Waals surface area contributed by atoms with Crippen molar-refractivity contribution in [3.05, 3.63) is 41.7 Å². The molecule has 30 heavy (non-hydrogen) atoms. The summed E-state index contributed by atoms with van der Waals surface area (Å²) in [5.74, 6) is 1.10. The van der Waals surface area contributed by atoms with Gasteiger partial charge in [-0.3, -0.25) is 4.79 Å². The van der Waals surface area contributed by atoms with Crippen molar-refractivity contribution < 1.29 is 27.4 Å². The molecule has 2 N–H and O–H groups in total. The molecule has 2 heterocycles. The first kappa shape index (κ1) is 21.6. The fourth-order valence-corrected chi connectivity index (χ4v) is 2.90. The van der Waals surface area contributed by atoms with Gasteiger partial charge in [0.05, 0.1) is 13.2 Å². The van der Waals surface area contributed by atoms with Crippen LogP contribution in [0.1, 0.15) is 16.2 Å². The number of halogens is 3. The summed E-state index contributed by atoms with van der Waals surface area (Å²) in [4.78, 5) is 23.1. The van der Waals surface area contributed by atoms with Gasteiger partial charge in [-0.2, -0.15) is 0 Å². The van der Waals surface area contributed by atoms with Crippen molar-refractivity contribution in [2.45, 2.75) is 13.3 Å². The number of morpholine rings is 1. The molecule has 1 aromatic carbocycles. The molecule has 0 bridgehead atoms. The zero-order valence-corrected chi connectivity index (χ0v) is 16.3. The number of amides is 1. The largest absolute Gasteiger partial charge is 0.573 e. The van der Waals surface area contributed by atoms with Crippen LogP contribution in [0.2, 0.25) is 0 Å². The normalized spacial score (nSPS) is 14.3. The average molecular weight is 425 g/mol. The van der Waals surface area contributed by atoms with E-state index in [4.69, 9.17) is 4.74 Å². The molecule has 0 saturated carbocycles. The van der Waals surface area contributed by atoms with Crippen LogP contribution in [0.25, 0.3) is 0 Å². The molecule has 2 aromatic rings. The lowest BCUT2D eigenvalue weighted by Crippen LogP contribution is -2.37. The van der Waals surface area contributed by atoms with Crippen LogP contribution in [0.3, 0.4) is 0 Å². The molecule has 0 aliphatic carbocycles. The Morgan fingerprint density at radius 3 is 2.70 bits per heavy atom. The fraction of sp³-hybridized carbons (Fsp3) is 0.421. The van der Waals surface area contributed by atoms with E-state index in [1.807, 2.05) is 6.07 Å². The maximum Gasteiger partial charge on any atom is 0.573 e. The predicted octanol–water partition coefficient (Wildman–Crippen LogP) is 2.36. The minimum absolute atomic E-state index is 0.0734. The summed E-state index contributed by atoms with van der Waals surface area (Å²) in [6, 6.07) is 6.74. The summed E-state index contributed by atoms with van der Waals surface area (Å²) in [5.41, 5.74) is 0.0734. The van der Waals surface area contributed by atoms with Crippen molar-refractivity contribution >= 4 is 17.5 Å². The molecule has 162 valence electrons. The summed E-state index contributed by atoms with van der Waals surface area (Å²) < 4.78 is 46.1. The molecule has 11 heteroatoms. The first-order chi connectivity index (χ1) is 14.3. The smallest absolute Gasteiger partial charge is 0.406 e. The van der Waals surface area contributed by atoms with E-state index in [1.54, 1.807) is 6.92 Å². The molecule has 1 amide bonds. The molecule has 1 fully saturated rings. The molecule has 1 aromatic heterocycles. The Morgan fingerprint density at radius 1 is 1.20 bits per heavy atom. The molecule has 0 unspecified atom stereocenters. The standard InChI is InChI=1S/C19H22F3N5O3/c1-13-25-16(12-17(26-13)27-7-9-29-10-8-27)23-5-6-24-18(28)14-3-2-4-15(11-14)30-19(20,21)22/h2-4,11-12H,5-10H2,1H3,(H,24,28)(H,23,25,26). The highest BCUT2D eigenvalue weighted by molar-refractivity contribution is 5.94. The number of nitrogens with one attached hydrogen (secondary N) is 2. The zero-order chi connectivity index (χ0) is 21.6. The molecule has 0 atom stereocenters. The van der Waals surface area contributed by atoms with Gasteiger partial charge in [-0.05, 0) is 25.1 Å². The van der Waals surface area contributed by atoms with E-state index in [-0.39, 0.29) is 12.1 Å². The number of alkyl halides is 3. The molecular formula is C19H22F3N5O3. The Kier molecular flexibility index (Phi) is 6.93. The topological polar surface area (TPSA) is 88.6 Å². The Balaban J connectivity index is 1.51. The van der Waals surface area contributed by atoms with Gasteiger partial charge in [-0.25, -0.2) is 9.97 Å². The fourth-order valence-electron chi connectivity index (χ4n) is 2.90. The van der Waals surface area contributed by atoms with Gasteiger partial charge in [0, 0.05) is 37.8 Å². The van der Waals surface area contributed by atoms with Gasteiger partial charge < -0.3 is 25.0 Å². The molecule has 8 nitrogen and oxygen atoms in total. The van der Waals surface area contributed by atoms with Gasteiger partial charge in [0.15, 0.2) is 0 Å². The van der Waals surface area contributed by atoms with E-state index < -0.39 is 18.0 Å². The van der Waals surface area contributed by atoms with Crippen molar-refractivity contribution in [3.8, 4) is 5.75 Å². The number of carbonyl (C=O) groups is 1. The molecule has 3 rings (SSSR count). The van der Waals surface area contributed by atoms with Crippen LogP contribution in [0, 0.1) is 6.92 Å². The lowest BCUT2D eigenvalue weighted by atomic mass is 10.2. The van der Waals surface area contributed by atoms with Gasteiger partial charge in [0.25, 0.3) is 5.91 Å². The van der Waals surface area contributed by atoms with Gasteiger partial charge in [-0.15, -0.1) is 13.2 Å². The quantitative estimate of drug-likeness (QED) is 0.659. The Labute approximate surface area is 171 Å². The number of ether oxygens (including phenoxy) is 2. The highest BCUT2D eigenvalue weighted by Crippen LogP contribution is 2.23. The number of carbonyl (C=O) groups excluding carboxylic acids is 1. The summed E-state index contributed by atoms with van der Waals surface area (Å²) in [6.45, 7) is 5.22. The van der Waals surface area contributed by atoms with Crippen molar-refractivity contribution in [2.75, 3.05) is 49.6 Å². The maximum absolute atomic E-state index is 12.3. The average Bonchev–Trinajstić information content (AvgIpc) is 2.70. The third-order valence-electron chi connectivity index (χ3n) is 4.21. The van der Waals surface area contributed by atoms with Gasteiger partial charge in [-0.1, -0.05) is 6.07 Å². The van der Waals surface area contributed by atoms with E-state index in [2.05, 4.69) is 30.2 Å². The third-order valence-corrected chi connectivity index (χ3v) is 4.21. The Bertz CT molecular complexity index is 873. The first-order valence-corrected chi connectivity index (χ1v) is 9.36. The molecule has 1 aliphatic heterocycles. The van der Waals surface area contributed by atoms with Crippen molar-refractivity contribution in [3.63, 3.8) is 0 Å². The van der Waals surface area contributed by atoms with Crippen LogP contribution >= 0.6 is 0 Å². The van der Waals surface area contributed by atoms with E-state index in [0.717, 1.165) is 31.0 Å². The van der Waals surface area contributed by atoms with Gasteiger partial charge in [0.1, 0.15) is 23.2 Å². The second-order valence-electron chi connectivity index (χ2n) is 6.52. The maximum atomic E-state index is 12.3. The van der Waals surface area contributed by atoms with Gasteiger partial charge >= 0.3 is 6.36 Å². The monoisotopic (exact) mass is 425 g/mol. The number of rotatable bonds is 7. The first-order valence-electron chi connectivity index (χ1n) is 9.36. The van der Waals surface area contributed by atoms with E-state index >= 15 is 0 Å². The van der Waals surface area contributed by atoms with E-state index in [1.165, 1.54) is 12.1 Å². The number of aromatic nitrogens is 2. The molecule has 1 aliphatic rings. The Morgan fingerprint density at radius 2 is 1.97 bits per heavy atom. The summed E-state index contributed by atoms with van der Waals surface area (Å²) in [7, 11) is 0. The molecular weight excluding hydrogens is 403 g/mol. The lowest BCUT2D eigenvalue weighted by Gasteiger charge is -2.28. The summed E-state index contributed by atoms with van der Waals surface area (Å²) >= 11 is 0. The van der Waals surface area contributed by atoms with Crippen LogP contribution < -0.4 is 20.3 Å². The van der Waals surface area contributed by atoms with Crippen molar-refractivity contribution in [2.24, 2.45) is 0 Å².